The largest absolute Gasteiger partial charge is 0.597 e. The van der Waals surface area contributed by atoms with Crippen LogP contribution in [0.1, 0.15) is 27.7 Å². The van der Waals surface area contributed by atoms with Gasteiger partial charge >= 0.3 is 15.6 Å². The van der Waals surface area contributed by atoms with Gasteiger partial charge in [0.2, 0.25) is 0 Å². The molecule has 0 fully saturated rings. The summed E-state index contributed by atoms with van der Waals surface area (Å²) in [6.45, 7) is 5.83. The first-order valence-electron chi connectivity index (χ1n) is 10.3. The van der Waals surface area contributed by atoms with Crippen molar-refractivity contribution < 1.29 is 52.0 Å². The normalized spacial score (nSPS) is 19.9. The molecule has 0 bridgehead atoms. The molecule has 0 saturated heterocycles. The van der Waals surface area contributed by atoms with Crippen molar-refractivity contribution in [3.63, 3.8) is 0 Å². The average molecular weight is 514 g/mol. The molecular formula is C20H36O11P2. The first kappa shape index (κ1) is 31.4. The second-order valence-electron chi connectivity index (χ2n) is 7.35. The van der Waals surface area contributed by atoms with Gasteiger partial charge in [-0.25, -0.2) is 9.13 Å². The quantitative estimate of drug-likeness (QED) is 0.155. The van der Waals surface area contributed by atoms with Gasteiger partial charge in [0.25, 0.3) is 0 Å². The van der Waals surface area contributed by atoms with Crippen LogP contribution in [0.4, 0.5) is 0 Å². The molecule has 0 aliphatic heterocycles. The molecule has 0 saturated carbocycles. The predicted octanol–water partition coefficient (Wildman–Crippen LogP) is 3.85. The van der Waals surface area contributed by atoms with E-state index in [2.05, 4.69) is 0 Å². The van der Waals surface area contributed by atoms with Crippen molar-refractivity contribution in [3.8, 4) is 0 Å². The van der Waals surface area contributed by atoms with Crippen LogP contribution in [0.2, 0.25) is 0 Å². The van der Waals surface area contributed by atoms with Crippen molar-refractivity contribution in [2.45, 2.75) is 27.7 Å². The van der Waals surface area contributed by atoms with Crippen LogP contribution in [0.5, 0.6) is 0 Å². The van der Waals surface area contributed by atoms with Crippen molar-refractivity contribution in [2.75, 3.05) is 26.4 Å². The van der Waals surface area contributed by atoms with Gasteiger partial charge in [-0.1, -0.05) is 27.7 Å². The highest BCUT2D eigenvalue weighted by Gasteiger charge is 2.43. The van der Waals surface area contributed by atoms with Crippen LogP contribution in [0.15, 0.2) is 49.4 Å². The SMILES string of the molecule is CC(/C=C/OP(=O)(O/C=C/C(C)CO)OP(=O)(O/C=C/C(C)CO)O/C=C/C(C)CO)CO. The highest BCUT2D eigenvalue weighted by Crippen LogP contribution is 2.66. The van der Waals surface area contributed by atoms with E-state index in [1.165, 1.54) is 24.3 Å². The van der Waals surface area contributed by atoms with Gasteiger partial charge in [-0.3, -0.25) is 0 Å². The number of phosphoric ester groups is 2. The number of hydrogen-bond acceptors (Lipinski definition) is 11. The molecule has 0 amide bonds. The highest BCUT2D eigenvalue weighted by molar-refractivity contribution is 7.62. The molecule has 4 atom stereocenters. The number of aliphatic hydroxyl groups excluding tert-OH is 4. The topological polar surface area (TPSA) is 161 Å². The highest BCUT2D eigenvalue weighted by atomic mass is 31.3. The Morgan fingerprint density at radius 1 is 0.545 bits per heavy atom. The fourth-order valence-corrected chi connectivity index (χ4v) is 4.04. The first-order valence-corrected chi connectivity index (χ1v) is 13.2. The minimum Gasteiger partial charge on any atom is -0.403 e. The molecule has 0 rings (SSSR count). The predicted molar refractivity (Wildman–Crippen MR) is 122 cm³/mol. The van der Waals surface area contributed by atoms with Gasteiger partial charge in [0.15, 0.2) is 0 Å². The summed E-state index contributed by atoms with van der Waals surface area (Å²) in [5, 5.41) is 36.4. The number of hydrogen-bond donors (Lipinski definition) is 4. The Balaban J connectivity index is 5.81. The number of aliphatic hydroxyl groups is 4. The molecule has 0 radical (unpaired) electrons. The van der Waals surface area contributed by atoms with E-state index in [-0.39, 0.29) is 50.1 Å². The smallest absolute Gasteiger partial charge is 0.403 e. The Bertz CT molecular complexity index is 624. The van der Waals surface area contributed by atoms with Crippen LogP contribution >= 0.6 is 15.6 Å². The Kier molecular flexibility index (Phi) is 16.1. The molecular weight excluding hydrogens is 478 g/mol. The third-order valence-electron chi connectivity index (χ3n) is 3.74. The summed E-state index contributed by atoms with van der Waals surface area (Å²) < 4.78 is 51.5. The molecule has 11 nitrogen and oxygen atoms in total. The zero-order valence-corrected chi connectivity index (χ0v) is 21.1. The monoisotopic (exact) mass is 514 g/mol. The molecule has 0 aliphatic rings. The van der Waals surface area contributed by atoms with Gasteiger partial charge in [-0.05, 0) is 24.3 Å². The van der Waals surface area contributed by atoms with Crippen molar-refractivity contribution in [1.82, 2.24) is 0 Å². The van der Waals surface area contributed by atoms with Crippen molar-refractivity contribution >= 4 is 15.6 Å². The lowest BCUT2D eigenvalue weighted by Gasteiger charge is -2.20. The Morgan fingerprint density at radius 3 is 0.939 bits per heavy atom. The standard InChI is InChI=1S/C20H36O11P2/c1-17(13-21)5-9-27-32(25,28-10-6-18(2)14-22)31-33(26,29-11-7-19(3)15-23)30-12-8-20(4)16-24/h5-12,17-24H,13-16H2,1-4H3/b9-5+,10-6+,11-7+,12-8+. The van der Waals surface area contributed by atoms with Gasteiger partial charge in [-0.15, -0.1) is 4.31 Å². The summed E-state index contributed by atoms with van der Waals surface area (Å²) in [4.78, 5) is 0. The molecule has 33 heavy (non-hydrogen) atoms. The van der Waals surface area contributed by atoms with E-state index >= 15 is 0 Å². The maximum Gasteiger partial charge on any atom is 0.597 e. The van der Waals surface area contributed by atoms with Crippen LogP contribution < -0.4 is 0 Å². The summed E-state index contributed by atoms with van der Waals surface area (Å²) in [5.41, 5.74) is 0. The van der Waals surface area contributed by atoms with E-state index in [0.717, 1.165) is 25.0 Å². The molecule has 0 aromatic heterocycles. The Morgan fingerprint density at radius 2 is 0.758 bits per heavy atom. The zero-order chi connectivity index (χ0) is 25.3. The van der Waals surface area contributed by atoms with Gasteiger partial charge in [0, 0.05) is 50.1 Å². The van der Waals surface area contributed by atoms with Crippen LogP contribution in [0, 0.1) is 23.7 Å². The van der Waals surface area contributed by atoms with E-state index in [1.807, 2.05) is 0 Å². The molecule has 0 aliphatic carbocycles. The van der Waals surface area contributed by atoms with Gasteiger partial charge in [0.05, 0.1) is 25.0 Å². The van der Waals surface area contributed by atoms with Crippen molar-refractivity contribution in [1.29, 1.82) is 0 Å². The fraction of sp³-hybridized carbons (Fsp3) is 0.600. The van der Waals surface area contributed by atoms with Crippen LogP contribution in [0.3, 0.4) is 0 Å². The number of phosphoric acid groups is 2. The third-order valence-corrected chi connectivity index (χ3v) is 6.86. The lowest BCUT2D eigenvalue weighted by atomic mass is 10.2. The molecule has 0 aromatic carbocycles. The van der Waals surface area contributed by atoms with E-state index in [0.29, 0.717) is 0 Å². The minimum atomic E-state index is -4.63. The summed E-state index contributed by atoms with van der Waals surface area (Å²) in [6.07, 6.45) is 9.33. The minimum absolute atomic E-state index is 0.202. The van der Waals surface area contributed by atoms with Crippen molar-refractivity contribution in [3.05, 3.63) is 49.4 Å². The molecule has 4 unspecified atom stereocenters. The van der Waals surface area contributed by atoms with Crippen LogP contribution in [-0.4, -0.2) is 46.9 Å². The average Bonchev–Trinajstić information content (AvgIpc) is 2.78. The van der Waals surface area contributed by atoms with Gasteiger partial charge < -0.3 is 38.5 Å². The molecule has 0 heterocycles. The van der Waals surface area contributed by atoms with Crippen LogP contribution in [0.25, 0.3) is 0 Å². The van der Waals surface area contributed by atoms with E-state index in [9.17, 15) is 9.13 Å². The molecule has 4 N–H and O–H groups in total. The molecule has 0 aromatic rings. The Labute approximate surface area is 195 Å². The summed E-state index contributed by atoms with van der Waals surface area (Å²) in [6, 6.07) is 0. The fourth-order valence-electron chi connectivity index (χ4n) is 1.47. The lowest BCUT2D eigenvalue weighted by molar-refractivity contribution is 0.191. The van der Waals surface area contributed by atoms with E-state index < -0.39 is 15.6 Å². The van der Waals surface area contributed by atoms with Gasteiger partial charge in [0.1, 0.15) is 0 Å². The first-order chi connectivity index (χ1) is 15.5. The Hall–Kier alpha value is -1.58. The maximum absolute atomic E-state index is 13.1. The van der Waals surface area contributed by atoms with Gasteiger partial charge in [-0.2, -0.15) is 0 Å². The second-order valence-corrected chi connectivity index (χ2v) is 10.6. The molecule has 192 valence electrons. The van der Waals surface area contributed by atoms with E-state index in [1.54, 1.807) is 27.7 Å². The van der Waals surface area contributed by atoms with E-state index in [4.69, 9.17) is 42.8 Å². The zero-order valence-electron chi connectivity index (χ0n) is 19.3. The molecule has 0 spiro atoms. The summed E-state index contributed by atoms with van der Waals surface area (Å²) in [5.74, 6) is -1.36. The second kappa shape index (κ2) is 16.9. The summed E-state index contributed by atoms with van der Waals surface area (Å²) >= 11 is 0. The number of rotatable bonds is 18. The van der Waals surface area contributed by atoms with Crippen molar-refractivity contribution in [2.24, 2.45) is 23.7 Å². The third kappa shape index (κ3) is 15.0. The summed E-state index contributed by atoms with van der Waals surface area (Å²) in [7, 11) is -9.27. The van der Waals surface area contributed by atoms with Crippen LogP contribution in [-0.2, 0) is 31.5 Å². The maximum atomic E-state index is 13.1. The molecule has 13 heteroatoms. The lowest BCUT2D eigenvalue weighted by Crippen LogP contribution is -2.00.